The number of hydrogen-bond acceptors (Lipinski definition) is 5. The second-order valence-electron chi connectivity index (χ2n) is 4.28. The normalized spacial score (nSPS) is 22.8. The summed E-state index contributed by atoms with van der Waals surface area (Å²) < 4.78 is 10.7. The Labute approximate surface area is 115 Å². The Morgan fingerprint density at radius 3 is 2.47 bits per heavy atom. The van der Waals surface area contributed by atoms with Crippen LogP contribution in [-0.2, 0) is 9.47 Å². The van der Waals surface area contributed by atoms with Gasteiger partial charge >= 0.3 is 5.97 Å². The largest absolute Gasteiger partial charge is 0.478 e. The van der Waals surface area contributed by atoms with E-state index in [1.807, 2.05) is 4.90 Å². The van der Waals surface area contributed by atoms with Crippen LogP contribution in [0.15, 0.2) is 12.3 Å². The van der Waals surface area contributed by atoms with Crippen molar-refractivity contribution in [3.63, 3.8) is 0 Å². The lowest BCUT2D eigenvalue weighted by Crippen LogP contribution is -2.27. The molecule has 0 saturated carbocycles. The molecule has 1 aromatic heterocycles. The molecule has 19 heavy (non-hydrogen) atoms. The summed E-state index contributed by atoms with van der Waals surface area (Å²) >= 11 is 5.80. The van der Waals surface area contributed by atoms with Crippen LogP contribution in [0, 0.1) is 0 Å². The highest BCUT2D eigenvalue weighted by atomic mass is 35.5. The second-order valence-corrected chi connectivity index (χ2v) is 4.69. The van der Waals surface area contributed by atoms with E-state index >= 15 is 0 Å². The maximum Gasteiger partial charge on any atom is 0.337 e. The summed E-state index contributed by atoms with van der Waals surface area (Å²) in [7, 11) is 3.25. The second kappa shape index (κ2) is 5.73. The molecule has 2 unspecified atom stereocenters. The maximum absolute atomic E-state index is 11.0. The van der Waals surface area contributed by atoms with Crippen LogP contribution in [0.1, 0.15) is 10.4 Å². The molecule has 1 N–H and O–H groups in total. The third-order valence-electron chi connectivity index (χ3n) is 3.22. The monoisotopic (exact) mass is 286 g/mol. The lowest BCUT2D eigenvalue weighted by Gasteiger charge is -2.17. The number of carboxylic acid groups (broad SMARTS) is 1. The van der Waals surface area contributed by atoms with Gasteiger partial charge in [0.25, 0.3) is 0 Å². The van der Waals surface area contributed by atoms with Crippen molar-refractivity contribution in [1.29, 1.82) is 0 Å². The first kappa shape index (κ1) is 14.0. The third-order valence-corrected chi connectivity index (χ3v) is 3.52. The minimum Gasteiger partial charge on any atom is -0.478 e. The number of carbonyl (C=O) groups is 1. The Morgan fingerprint density at radius 2 is 2.00 bits per heavy atom. The van der Waals surface area contributed by atoms with E-state index in [-0.39, 0.29) is 22.8 Å². The molecular formula is C12H15ClN2O4. The molecule has 7 heteroatoms. The van der Waals surface area contributed by atoms with E-state index in [1.54, 1.807) is 14.2 Å². The molecule has 2 atom stereocenters. The molecule has 2 heterocycles. The Morgan fingerprint density at radius 1 is 1.42 bits per heavy atom. The molecule has 1 aliphatic heterocycles. The Kier molecular flexibility index (Phi) is 4.24. The zero-order chi connectivity index (χ0) is 14.0. The molecule has 6 nitrogen and oxygen atoms in total. The maximum atomic E-state index is 11.0. The van der Waals surface area contributed by atoms with E-state index in [2.05, 4.69) is 4.98 Å². The highest BCUT2D eigenvalue weighted by Crippen LogP contribution is 2.25. The van der Waals surface area contributed by atoms with Crippen LogP contribution in [0.4, 0.5) is 5.82 Å². The standard InChI is InChI=1S/C12H15ClN2O4/c1-18-9-5-15(6-10(9)19-2)11-3-7(12(16)17)8(13)4-14-11/h3-4,9-10H,5-6H2,1-2H3,(H,16,17). The molecule has 0 aromatic carbocycles. The summed E-state index contributed by atoms with van der Waals surface area (Å²) in [6, 6.07) is 1.47. The molecule has 1 fully saturated rings. The van der Waals surface area contributed by atoms with Gasteiger partial charge in [0.15, 0.2) is 0 Å². The molecule has 0 aliphatic carbocycles. The number of nitrogens with zero attached hydrogens (tertiary/aromatic N) is 2. The first-order valence-corrected chi connectivity index (χ1v) is 6.14. The minimum atomic E-state index is -1.07. The zero-order valence-electron chi connectivity index (χ0n) is 10.7. The molecule has 1 aromatic rings. The van der Waals surface area contributed by atoms with Crippen molar-refractivity contribution in [3.05, 3.63) is 22.8 Å². The van der Waals surface area contributed by atoms with Gasteiger partial charge in [0, 0.05) is 33.5 Å². The number of hydrogen-bond donors (Lipinski definition) is 1. The van der Waals surface area contributed by atoms with Crippen LogP contribution in [-0.4, -0.2) is 55.6 Å². The molecule has 1 aliphatic rings. The van der Waals surface area contributed by atoms with Crippen LogP contribution in [0.2, 0.25) is 5.02 Å². The predicted octanol–water partition coefficient (Wildman–Crippen LogP) is 1.28. The molecular weight excluding hydrogens is 272 g/mol. The highest BCUT2D eigenvalue weighted by Gasteiger charge is 2.34. The van der Waals surface area contributed by atoms with E-state index in [1.165, 1.54) is 12.3 Å². The molecule has 1 saturated heterocycles. The van der Waals surface area contributed by atoms with Crippen molar-refractivity contribution in [2.75, 3.05) is 32.2 Å². The summed E-state index contributed by atoms with van der Waals surface area (Å²) in [5.74, 6) is -0.511. The number of rotatable bonds is 4. The average molecular weight is 287 g/mol. The fourth-order valence-corrected chi connectivity index (χ4v) is 2.33. The molecule has 0 spiro atoms. The predicted molar refractivity (Wildman–Crippen MR) is 70.0 cm³/mol. The Hall–Kier alpha value is -1.37. The van der Waals surface area contributed by atoms with Crippen molar-refractivity contribution in [2.24, 2.45) is 0 Å². The zero-order valence-corrected chi connectivity index (χ0v) is 11.4. The van der Waals surface area contributed by atoms with Crippen LogP contribution >= 0.6 is 11.6 Å². The average Bonchev–Trinajstić information content (AvgIpc) is 2.82. The van der Waals surface area contributed by atoms with E-state index in [0.29, 0.717) is 18.9 Å². The van der Waals surface area contributed by atoms with Crippen LogP contribution in [0.25, 0.3) is 0 Å². The molecule has 0 amide bonds. The summed E-state index contributed by atoms with van der Waals surface area (Å²) in [5, 5.41) is 9.18. The number of aromatic carboxylic acids is 1. The van der Waals surface area contributed by atoms with Gasteiger partial charge in [0.05, 0.1) is 10.6 Å². The van der Waals surface area contributed by atoms with Crippen molar-refractivity contribution in [2.45, 2.75) is 12.2 Å². The third kappa shape index (κ3) is 2.80. The van der Waals surface area contributed by atoms with Gasteiger partial charge in [-0.3, -0.25) is 0 Å². The number of carboxylic acids is 1. The number of pyridine rings is 1. The Balaban J connectivity index is 2.24. The topological polar surface area (TPSA) is 71.9 Å². The van der Waals surface area contributed by atoms with Gasteiger partial charge in [0.1, 0.15) is 18.0 Å². The SMILES string of the molecule is COC1CN(c2cc(C(=O)O)c(Cl)cn2)CC1OC. The first-order chi connectivity index (χ1) is 9.06. The van der Waals surface area contributed by atoms with E-state index in [4.69, 9.17) is 26.2 Å². The van der Waals surface area contributed by atoms with Crippen molar-refractivity contribution >= 4 is 23.4 Å². The molecule has 0 bridgehead atoms. The quantitative estimate of drug-likeness (QED) is 0.899. The van der Waals surface area contributed by atoms with Gasteiger partial charge < -0.3 is 19.5 Å². The summed E-state index contributed by atoms with van der Waals surface area (Å²) in [6.45, 7) is 1.20. The summed E-state index contributed by atoms with van der Waals surface area (Å²) in [6.07, 6.45) is 1.23. The molecule has 2 rings (SSSR count). The van der Waals surface area contributed by atoms with Gasteiger partial charge in [-0.05, 0) is 6.07 Å². The van der Waals surface area contributed by atoms with Crippen LogP contribution < -0.4 is 4.90 Å². The van der Waals surface area contributed by atoms with Crippen LogP contribution in [0.5, 0.6) is 0 Å². The Bertz CT molecular complexity index is 471. The lowest BCUT2D eigenvalue weighted by atomic mass is 10.2. The summed E-state index contributed by atoms with van der Waals surface area (Å²) in [4.78, 5) is 17.1. The van der Waals surface area contributed by atoms with Gasteiger partial charge in [0.2, 0.25) is 0 Å². The van der Waals surface area contributed by atoms with E-state index in [9.17, 15) is 4.79 Å². The van der Waals surface area contributed by atoms with Gasteiger partial charge in [-0.25, -0.2) is 9.78 Å². The van der Waals surface area contributed by atoms with Gasteiger partial charge in [-0.15, -0.1) is 0 Å². The molecule has 0 radical (unpaired) electrons. The first-order valence-electron chi connectivity index (χ1n) is 5.76. The van der Waals surface area contributed by atoms with Crippen LogP contribution in [0.3, 0.4) is 0 Å². The van der Waals surface area contributed by atoms with Gasteiger partial charge in [-0.2, -0.15) is 0 Å². The van der Waals surface area contributed by atoms with E-state index < -0.39 is 5.97 Å². The number of anilines is 1. The number of methoxy groups -OCH3 is 2. The lowest BCUT2D eigenvalue weighted by molar-refractivity contribution is -0.00461. The number of halogens is 1. The smallest absolute Gasteiger partial charge is 0.337 e. The summed E-state index contributed by atoms with van der Waals surface area (Å²) in [5.41, 5.74) is 0.0431. The van der Waals surface area contributed by atoms with Crippen molar-refractivity contribution < 1.29 is 19.4 Å². The van der Waals surface area contributed by atoms with E-state index in [0.717, 1.165) is 0 Å². The number of aromatic nitrogens is 1. The van der Waals surface area contributed by atoms with Crippen molar-refractivity contribution in [3.8, 4) is 0 Å². The van der Waals surface area contributed by atoms with Crippen molar-refractivity contribution in [1.82, 2.24) is 4.98 Å². The fourth-order valence-electron chi connectivity index (χ4n) is 2.15. The minimum absolute atomic E-state index is 0.0431. The van der Waals surface area contributed by atoms with Gasteiger partial charge in [-0.1, -0.05) is 11.6 Å². The molecule has 104 valence electrons. The number of ether oxygens (including phenoxy) is 2. The fraction of sp³-hybridized carbons (Fsp3) is 0.500. The highest BCUT2D eigenvalue weighted by molar-refractivity contribution is 6.33.